The van der Waals surface area contributed by atoms with Crippen molar-refractivity contribution in [2.45, 2.75) is 36.5 Å². The molecule has 1 unspecified atom stereocenters. The highest BCUT2D eigenvalue weighted by Crippen LogP contribution is 2.30. The highest BCUT2D eigenvalue weighted by Gasteiger charge is 2.12. The summed E-state index contributed by atoms with van der Waals surface area (Å²) in [5.41, 5.74) is 0.881. The van der Waals surface area contributed by atoms with Crippen molar-refractivity contribution in [2.75, 3.05) is 14.2 Å². The molecule has 0 saturated carbocycles. The van der Waals surface area contributed by atoms with E-state index in [0.717, 1.165) is 16.9 Å². The first-order valence-corrected chi connectivity index (χ1v) is 9.33. The Morgan fingerprint density at radius 1 is 1.15 bits per heavy atom. The van der Waals surface area contributed by atoms with Crippen LogP contribution in [0.25, 0.3) is 0 Å². The average molecular weight is 375 g/mol. The lowest BCUT2D eigenvalue weighted by molar-refractivity contribution is -0.121. The molecule has 5 nitrogen and oxygen atoms in total. The van der Waals surface area contributed by atoms with Gasteiger partial charge >= 0.3 is 0 Å². The molecule has 0 radical (unpaired) electrons. The minimum atomic E-state index is 0.00743. The van der Waals surface area contributed by atoms with Crippen LogP contribution in [0.3, 0.4) is 0 Å². The van der Waals surface area contributed by atoms with Crippen molar-refractivity contribution >= 4 is 17.7 Å². The molecule has 0 aliphatic rings. The van der Waals surface area contributed by atoms with Crippen molar-refractivity contribution in [2.24, 2.45) is 0 Å². The summed E-state index contributed by atoms with van der Waals surface area (Å²) in [6.07, 6.45) is 1.23. The van der Waals surface area contributed by atoms with E-state index in [1.54, 1.807) is 38.1 Å². The van der Waals surface area contributed by atoms with E-state index in [1.807, 2.05) is 30.3 Å². The van der Waals surface area contributed by atoms with Gasteiger partial charge in [-0.2, -0.15) is 0 Å². The number of carbonyl (C=O) groups excluding carboxylic acids is 1. The van der Waals surface area contributed by atoms with Crippen molar-refractivity contribution in [1.82, 2.24) is 5.32 Å². The molecule has 2 N–H and O–H groups in total. The zero-order valence-corrected chi connectivity index (χ0v) is 16.1. The lowest BCUT2D eigenvalue weighted by atomic mass is 10.1. The highest BCUT2D eigenvalue weighted by molar-refractivity contribution is 7.99. The van der Waals surface area contributed by atoms with Crippen molar-refractivity contribution in [3.8, 4) is 17.2 Å². The van der Waals surface area contributed by atoms with Crippen LogP contribution in [-0.4, -0.2) is 30.5 Å². The van der Waals surface area contributed by atoms with Crippen molar-refractivity contribution in [3.05, 3.63) is 48.0 Å². The molecule has 140 valence electrons. The van der Waals surface area contributed by atoms with Crippen LogP contribution in [0.1, 0.15) is 25.3 Å². The smallest absolute Gasteiger partial charge is 0.220 e. The third-order valence-corrected chi connectivity index (χ3v) is 5.09. The average Bonchev–Trinajstić information content (AvgIpc) is 2.66. The number of methoxy groups -OCH3 is 2. The molecule has 0 heterocycles. The number of aromatic hydroxyl groups is 1. The molecule has 2 aromatic rings. The zero-order chi connectivity index (χ0) is 18.9. The molecule has 1 amide bonds. The van der Waals surface area contributed by atoms with Crippen molar-refractivity contribution < 1.29 is 19.4 Å². The molecular formula is C20H25NO4S. The molecule has 0 fully saturated rings. The molecule has 0 aromatic heterocycles. The Morgan fingerprint density at radius 2 is 1.88 bits per heavy atom. The molecule has 2 aromatic carbocycles. The van der Waals surface area contributed by atoms with E-state index in [0.29, 0.717) is 29.7 Å². The maximum absolute atomic E-state index is 12.1. The topological polar surface area (TPSA) is 67.8 Å². The van der Waals surface area contributed by atoms with Gasteiger partial charge in [0.25, 0.3) is 0 Å². The molecule has 6 heteroatoms. The van der Waals surface area contributed by atoms with Crippen LogP contribution in [0.15, 0.2) is 47.4 Å². The summed E-state index contributed by atoms with van der Waals surface area (Å²) >= 11 is 1.69. The maximum atomic E-state index is 12.1. The van der Waals surface area contributed by atoms with Gasteiger partial charge in [-0.25, -0.2) is 0 Å². The Kier molecular flexibility index (Phi) is 7.66. The minimum Gasteiger partial charge on any atom is -0.508 e. The largest absolute Gasteiger partial charge is 0.508 e. The normalized spacial score (nSPS) is 11.7. The van der Waals surface area contributed by atoms with Crippen LogP contribution in [-0.2, 0) is 11.3 Å². The van der Waals surface area contributed by atoms with Crippen LogP contribution in [0, 0.1) is 0 Å². The quantitative estimate of drug-likeness (QED) is 0.649. The maximum Gasteiger partial charge on any atom is 0.220 e. The Balaban J connectivity index is 1.79. The lowest BCUT2D eigenvalue weighted by Crippen LogP contribution is -2.23. The number of ether oxygens (including phenoxy) is 2. The summed E-state index contributed by atoms with van der Waals surface area (Å²) < 4.78 is 10.6. The van der Waals surface area contributed by atoms with Crippen LogP contribution < -0.4 is 14.8 Å². The first-order valence-electron chi connectivity index (χ1n) is 8.45. The SMILES string of the molecule is COc1cccc(CNC(=O)CCC(C)Sc2ccc(O)cc2)c1OC. The first-order chi connectivity index (χ1) is 12.5. The number of hydrogen-bond donors (Lipinski definition) is 2. The Hall–Kier alpha value is -2.34. The summed E-state index contributed by atoms with van der Waals surface area (Å²) in [6, 6.07) is 12.7. The second-order valence-corrected chi connectivity index (χ2v) is 7.40. The fraction of sp³-hybridized carbons (Fsp3) is 0.350. The van der Waals surface area contributed by atoms with Gasteiger partial charge in [0, 0.05) is 28.7 Å². The van der Waals surface area contributed by atoms with E-state index in [2.05, 4.69) is 12.2 Å². The van der Waals surface area contributed by atoms with Gasteiger partial charge in [0.15, 0.2) is 11.5 Å². The van der Waals surface area contributed by atoms with Crippen LogP contribution >= 0.6 is 11.8 Å². The molecule has 0 saturated heterocycles. The number of phenols is 1. The molecule has 0 bridgehead atoms. The number of thioether (sulfide) groups is 1. The number of carbonyl (C=O) groups is 1. The summed E-state index contributed by atoms with van der Waals surface area (Å²) in [4.78, 5) is 13.2. The molecule has 0 spiro atoms. The van der Waals surface area contributed by atoms with Crippen LogP contribution in [0.5, 0.6) is 17.2 Å². The molecule has 2 rings (SSSR count). The second-order valence-electron chi connectivity index (χ2n) is 5.89. The Labute approximate surface area is 158 Å². The number of rotatable bonds is 9. The fourth-order valence-corrected chi connectivity index (χ4v) is 3.52. The van der Waals surface area contributed by atoms with Gasteiger partial charge in [-0.3, -0.25) is 4.79 Å². The van der Waals surface area contributed by atoms with E-state index >= 15 is 0 Å². The number of para-hydroxylation sites is 1. The molecular weight excluding hydrogens is 350 g/mol. The Bertz CT molecular complexity index is 718. The number of hydrogen-bond acceptors (Lipinski definition) is 5. The fourth-order valence-electron chi connectivity index (χ4n) is 2.53. The van der Waals surface area contributed by atoms with Crippen LogP contribution in [0.4, 0.5) is 0 Å². The van der Waals surface area contributed by atoms with E-state index in [-0.39, 0.29) is 11.7 Å². The van der Waals surface area contributed by atoms with Gasteiger partial charge in [-0.1, -0.05) is 19.1 Å². The summed E-state index contributed by atoms with van der Waals surface area (Å²) in [5, 5.41) is 12.5. The molecule has 26 heavy (non-hydrogen) atoms. The number of amides is 1. The Morgan fingerprint density at radius 3 is 2.54 bits per heavy atom. The standard InChI is InChI=1S/C20H25NO4S/c1-14(26-17-10-8-16(22)9-11-17)7-12-19(23)21-13-15-5-4-6-18(24-2)20(15)25-3/h4-6,8-11,14,22H,7,12-13H2,1-3H3,(H,21,23). The van der Waals surface area contributed by atoms with Crippen LogP contribution in [0.2, 0.25) is 0 Å². The van der Waals surface area contributed by atoms with Gasteiger partial charge in [0.05, 0.1) is 14.2 Å². The van der Waals surface area contributed by atoms with E-state index in [4.69, 9.17) is 9.47 Å². The van der Waals surface area contributed by atoms with Gasteiger partial charge in [-0.15, -0.1) is 11.8 Å². The third kappa shape index (κ3) is 5.88. The van der Waals surface area contributed by atoms with E-state index in [9.17, 15) is 9.90 Å². The van der Waals surface area contributed by atoms with Gasteiger partial charge in [0.2, 0.25) is 5.91 Å². The zero-order valence-electron chi connectivity index (χ0n) is 15.3. The number of nitrogens with one attached hydrogen (secondary N) is 1. The predicted molar refractivity (Wildman–Crippen MR) is 104 cm³/mol. The lowest BCUT2D eigenvalue weighted by Gasteiger charge is -2.14. The first kappa shape index (κ1) is 20.0. The summed E-state index contributed by atoms with van der Waals surface area (Å²) in [7, 11) is 3.18. The molecule has 0 aliphatic heterocycles. The summed E-state index contributed by atoms with van der Waals surface area (Å²) in [5.74, 6) is 1.56. The highest BCUT2D eigenvalue weighted by atomic mass is 32.2. The third-order valence-electron chi connectivity index (χ3n) is 3.91. The van der Waals surface area contributed by atoms with Gasteiger partial charge in [-0.05, 0) is 36.8 Å². The van der Waals surface area contributed by atoms with Gasteiger partial charge in [0.1, 0.15) is 5.75 Å². The van der Waals surface area contributed by atoms with Gasteiger partial charge < -0.3 is 19.9 Å². The number of benzene rings is 2. The van der Waals surface area contributed by atoms with Crippen molar-refractivity contribution in [1.29, 1.82) is 0 Å². The minimum absolute atomic E-state index is 0.00743. The second kappa shape index (κ2) is 9.97. The molecule has 1 atom stereocenters. The van der Waals surface area contributed by atoms with E-state index in [1.165, 1.54) is 0 Å². The molecule has 0 aliphatic carbocycles. The van der Waals surface area contributed by atoms with Crippen molar-refractivity contribution in [3.63, 3.8) is 0 Å². The monoisotopic (exact) mass is 375 g/mol. The predicted octanol–water partition coefficient (Wildman–Crippen LogP) is 3.99. The number of phenolic OH excluding ortho intramolecular Hbond substituents is 1. The van der Waals surface area contributed by atoms with E-state index < -0.39 is 0 Å². The summed E-state index contributed by atoms with van der Waals surface area (Å²) in [6.45, 7) is 2.49.